The van der Waals surface area contributed by atoms with E-state index in [0.717, 1.165) is 11.3 Å². The molecule has 1 atom stereocenters. The van der Waals surface area contributed by atoms with E-state index < -0.39 is 0 Å². The average molecular weight is 284 g/mol. The molecule has 0 aliphatic heterocycles. The van der Waals surface area contributed by atoms with E-state index in [1.54, 1.807) is 0 Å². The Morgan fingerprint density at radius 3 is 2.19 bits per heavy atom. The van der Waals surface area contributed by atoms with Crippen molar-refractivity contribution in [2.75, 3.05) is 6.61 Å². The minimum absolute atomic E-state index is 0.0888. The predicted molar refractivity (Wildman–Crippen MR) is 86.8 cm³/mol. The van der Waals surface area contributed by atoms with Crippen molar-refractivity contribution in [2.24, 2.45) is 0 Å². The highest BCUT2D eigenvalue weighted by Crippen LogP contribution is 2.24. The molecule has 0 amide bonds. The zero-order valence-electron chi connectivity index (χ0n) is 13.3. The molecule has 0 aromatic heterocycles. The van der Waals surface area contributed by atoms with Crippen LogP contribution in [0.2, 0.25) is 0 Å². The van der Waals surface area contributed by atoms with Gasteiger partial charge in [0.2, 0.25) is 0 Å². The highest BCUT2D eigenvalue weighted by Gasteiger charge is 2.15. The Bertz CT molecular complexity index is 575. The number of hydrogen-bond donors (Lipinski definition) is 0. The maximum atomic E-state index is 6.16. The van der Waals surface area contributed by atoms with Crippen LogP contribution in [0.1, 0.15) is 36.6 Å². The van der Waals surface area contributed by atoms with Crippen LogP contribution in [0.5, 0.6) is 5.75 Å². The van der Waals surface area contributed by atoms with E-state index in [4.69, 9.17) is 9.47 Å². The highest BCUT2D eigenvalue weighted by atomic mass is 16.5. The number of aryl methyl sites for hydroxylation is 2. The van der Waals surface area contributed by atoms with Crippen LogP contribution in [-0.2, 0) is 4.74 Å². The van der Waals surface area contributed by atoms with Crippen LogP contribution in [-0.4, -0.2) is 12.7 Å². The molecule has 0 bridgehead atoms. The van der Waals surface area contributed by atoms with E-state index in [1.165, 1.54) is 11.1 Å². The Labute approximate surface area is 127 Å². The minimum atomic E-state index is -0.0888. The molecule has 0 heterocycles. The van der Waals surface area contributed by atoms with Gasteiger partial charge in [-0.05, 0) is 51.0 Å². The SMILES string of the molecule is Cc1cccc(OC(COC(C)C)c2cccc(C)c2)c1. The van der Waals surface area contributed by atoms with Crippen molar-refractivity contribution in [2.45, 2.75) is 39.9 Å². The van der Waals surface area contributed by atoms with E-state index in [-0.39, 0.29) is 12.2 Å². The lowest BCUT2D eigenvalue weighted by Crippen LogP contribution is -2.17. The van der Waals surface area contributed by atoms with Gasteiger partial charge in [0, 0.05) is 0 Å². The summed E-state index contributed by atoms with van der Waals surface area (Å²) in [5.74, 6) is 0.883. The van der Waals surface area contributed by atoms with Crippen LogP contribution >= 0.6 is 0 Å². The maximum Gasteiger partial charge on any atom is 0.147 e. The van der Waals surface area contributed by atoms with Gasteiger partial charge in [-0.15, -0.1) is 0 Å². The first-order valence-corrected chi connectivity index (χ1v) is 7.46. The van der Waals surface area contributed by atoms with E-state index in [0.29, 0.717) is 6.61 Å². The quantitative estimate of drug-likeness (QED) is 0.755. The monoisotopic (exact) mass is 284 g/mol. The molecule has 2 rings (SSSR count). The minimum Gasteiger partial charge on any atom is -0.483 e. The highest BCUT2D eigenvalue weighted by molar-refractivity contribution is 5.30. The molecule has 0 spiro atoms. The molecule has 2 nitrogen and oxygen atoms in total. The maximum absolute atomic E-state index is 6.16. The fourth-order valence-corrected chi connectivity index (χ4v) is 2.20. The van der Waals surface area contributed by atoms with E-state index >= 15 is 0 Å². The zero-order chi connectivity index (χ0) is 15.2. The van der Waals surface area contributed by atoms with Crippen LogP contribution < -0.4 is 4.74 Å². The average Bonchev–Trinajstić information content (AvgIpc) is 2.43. The van der Waals surface area contributed by atoms with E-state index in [2.05, 4.69) is 50.2 Å². The molecule has 21 heavy (non-hydrogen) atoms. The van der Waals surface area contributed by atoms with Gasteiger partial charge in [0.1, 0.15) is 11.9 Å². The molecule has 0 fully saturated rings. The topological polar surface area (TPSA) is 18.5 Å². The molecule has 2 heteroatoms. The molecule has 0 radical (unpaired) electrons. The van der Waals surface area contributed by atoms with Crippen molar-refractivity contribution in [3.8, 4) is 5.75 Å². The largest absolute Gasteiger partial charge is 0.483 e. The third-order valence-electron chi connectivity index (χ3n) is 3.26. The number of rotatable bonds is 6. The zero-order valence-corrected chi connectivity index (χ0v) is 13.3. The third-order valence-corrected chi connectivity index (χ3v) is 3.26. The van der Waals surface area contributed by atoms with Crippen LogP contribution in [0.25, 0.3) is 0 Å². The normalized spacial score (nSPS) is 12.4. The summed E-state index contributed by atoms with van der Waals surface area (Å²) in [5.41, 5.74) is 3.58. The molecule has 0 aliphatic carbocycles. The summed E-state index contributed by atoms with van der Waals surface area (Å²) in [6, 6.07) is 16.5. The second kappa shape index (κ2) is 7.28. The van der Waals surface area contributed by atoms with Gasteiger partial charge in [0.15, 0.2) is 0 Å². The second-order valence-corrected chi connectivity index (χ2v) is 5.72. The molecular formula is C19H24O2. The summed E-state index contributed by atoms with van der Waals surface area (Å²) < 4.78 is 11.9. The first-order chi connectivity index (χ1) is 10.0. The summed E-state index contributed by atoms with van der Waals surface area (Å²) in [7, 11) is 0. The fraction of sp³-hybridized carbons (Fsp3) is 0.368. The van der Waals surface area contributed by atoms with Crippen LogP contribution in [0.3, 0.4) is 0 Å². The Balaban J connectivity index is 2.19. The molecule has 0 N–H and O–H groups in total. The summed E-state index contributed by atoms with van der Waals surface area (Å²) in [6.07, 6.45) is 0.104. The van der Waals surface area contributed by atoms with Crippen LogP contribution in [0, 0.1) is 13.8 Å². The van der Waals surface area contributed by atoms with Gasteiger partial charge in [-0.2, -0.15) is 0 Å². The summed E-state index contributed by atoms with van der Waals surface area (Å²) in [5, 5.41) is 0. The Morgan fingerprint density at radius 2 is 1.57 bits per heavy atom. The molecule has 2 aromatic rings. The fourth-order valence-electron chi connectivity index (χ4n) is 2.20. The van der Waals surface area contributed by atoms with Gasteiger partial charge in [-0.25, -0.2) is 0 Å². The number of ether oxygens (including phenoxy) is 2. The lowest BCUT2D eigenvalue weighted by molar-refractivity contribution is 0.0155. The standard InChI is InChI=1S/C19H24O2/c1-14(2)20-13-19(17-9-5-7-15(3)11-17)21-18-10-6-8-16(4)12-18/h5-12,14,19H,13H2,1-4H3. The third kappa shape index (κ3) is 4.91. The molecular weight excluding hydrogens is 260 g/mol. The van der Waals surface area contributed by atoms with Gasteiger partial charge < -0.3 is 9.47 Å². The first-order valence-electron chi connectivity index (χ1n) is 7.46. The number of benzene rings is 2. The molecule has 0 aliphatic rings. The first kappa shape index (κ1) is 15.6. The Hall–Kier alpha value is -1.80. The van der Waals surface area contributed by atoms with Crippen molar-refractivity contribution in [1.82, 2.24) is 0 Å². The lowest BCUT2D eigenvalue weighted by atomic mass is 10.1. The molecule has 2 aromatic carbocycles. The van der Waals surface area contributed by atoms with Crippen LogP contribution in [0.4, 0.5) is 0 Å². The Morgan fingerprint density at radius 1 is 0.905 bits per heavy atom. The van der Waals surface area contributed by atoms with Gasteiger partial charge in [0.25, 0.3) is 0 Å². The predicted octanol–water partition coefficient (Wildman–Crippen LogP) is 4.85. The second-order valence-electron chi connectivity index (χ2n) is 5.72. The van der Waals surface area contributed by atoms with E-state index in [9.17, 15) is 0 Å². The van der Waals surface area contributed by atoms with Gasteiger partial charge >= 0.3 is 0 Å². The summed E-state index contributed by atoms with van der Waals surface area (Å²) >= 11 is 0. The van der Waals surface area contributed by atoms with Gasteiger partial charge in [0.05, 0.1) is 12.7 Å². The van der Waals surface area contributed by atoms with Crippen molar-refractivity contribution in [3.05, 3.63) is 65.2 Å². The summed E-state index contributed by atoms with van der Waals surface area (Å²) in [6.45, 7) is 8.80. The van der Waals surface area contributed by atoms with Gasteiger partial charge in [-0.3, -0.25) is 0 Å². The molecule has 0 saturated carbocycles. The van der Waals surface area contributed by atoms with Crippen molar-refractivity contribution in [3.63, 3.8) is 0 Å². The summed E-state index contributed by atoms with van der Waals surface area (Å²) in [4.78, 5) is 0. The Kier molecular flexibility index (Phi) is 5.40. The molecule has 112 valence electrons. The smallest absolute Gasteiger partial charge is 0.147 e. The van der Waals surface area contributed by atoms with E-state index in [1.807, 2.05) is 26.0 Å². The van der Waals surface area contributed by atoms with Gasteiger partial charge in [-0.1, -0.05) is 42.0 Å². The van der Waals surface area contributed by atoms with Crippen molar-refractivity contribution >= 4 is 0 Å². The molecule has 0 saturated heterocycles. The van der Waals surface area contributed by atoms with Crippen molar-refractivity contribution in [1.29, 1.82) is 0 Å². The molecule has 1 unspecified atom stereocenters. The lowest BCUT2D eigenvalue weighted by Gasteiger charge is -2.21. The van der Waals surface area contributed by atoms with Crippen molar-refractivity contribution < 1.29 is 9.47 Å². The number of hydrogen-bond acceptors (Lipinski definition) is 2. The van der Waals surface area contributed by atoms with Crippen LogP contribution in [0.15, 0.2) is 48.5 Å².